The number of unbranched alkanes of at least 4 members (excludes halogenated alkanes) is 2. The Hall–Kier alpha value is -3.09. The summed E-state index contributed by atoms with van der Waals surface area (Å²) in [6, 6.07) is 14.2. The zero-order valence-corrected chi connectivity index (χ0v) is 17.1. The molecule has 3 aromatic rings. The highest BCUT2D eigenvalue weighted by Crippen LogP contribution is 2.26. The second-order valence-corrected chi connectivity index (χ2v) is 7.40. The predicted molar refractivity (Wildman–Crippen MR) is 111 cm³/mol. The number of aryl methyl sites for hydroxylation is 1. The van der Waals surface area contributed by atoms with Crippen LogP contribution in [0, 0.1) is 0 Å². The Morgan fingerprint density at radius 1 is 1.10 bits per heavy atom. The Kier molecular flexibility index (Phi) is 6.59. The largest absolute Gasteiger partial charge is 0.478 e. The maximum atomic E-state index is 13.7. The molecule has 5 nitrogen and oxygen atoms in total. The highest BCUT2D eigenvalue weighted by molar-refractivity contribution is 5.95. The minimum atomic E-state index is -3.09. The van der Waals surface area contributed by atoms with Crippen LogP contribution in [-0.4, -0.2) is 25.8 Å². The number of aromatic carboxylic acids is 1. The fourth-order valence-electron chi connectivity index (χ4n) is 3.29. The van der Waals surface area contributed by atoms with Crippen molar-refractivity contribution in [2.24, 2.45) is 0 Å². The van der Waals surface area contributed by atoms with E-state index in [-0.39, 0.29) is 5.56 Å². The monoisotopic (exact) mass is 413 g/mol. The summed E-state index contributed by atoms with van der Waals surface area (Å²) in [4.78, 5) is 15.5. The second kappa shape index (κ2) is 9.15. The van der Waals surface area contributed by atoms with Crippen molar-refractivity contribution in [3.8, 4) is 11.1 Å². The molecule has 0 fully saturated rings. The molecule has 0 aliphatic heterocycles. The number of rotatable bonds is 9. The first-order chi connectivity index (χ1) is 14.3. The third-order valence-electron chi connectivity index (χ3n) is 4.90. The van der Waals surface area contributed by atoms with Gasteiger partial charge in [0, 0.05) is 13.3 Å². The first kappa shape index (κ1) is 21.6. The van der Waals surface area contributed by atoms with Gasteiger partial charge in [-0.1, -0.05) is 62.2 Å². The number of carbonyl (C=O) groups is 1. The van der Waals surface area contributed by atoms with Crippen LogP contribution >= 0.6 is 0 Å². The first-order valence-electron chi connectivity index (χ1n) is 10.0. The zero-order valence-electron chi connectivity index (χ0n) is 17.1. The lowest BCUT2D eigenvalue weighted by Crippen LogP contribution is -2.11. The van der Waals surface area contributed by atoms with Crippen LogP contribution in [0.2, 0.25) is 0 Å². The summed E-state index contributed by atoms with van der Waals surface area (Å²) in [7, 11) is 0. The maximum absolute atomic E-state index is 13.7. The average molecular weight is 413 g/mol. The summed E-state index contributed by atoms with van der Waals surface area (Å²) in [6.07, 6.45) is 3.50. The van der Waals surface area contributed by atoms with Gasteiger partial charge in [0.2, 0.25) is 5.82 Å². The van der Waals surface area contributed by atoms with E-state index < -0.39 is 17.7 Å². The SMILES string of the molecule is CCCCCc1nc(C(C)(F)F)nn1Cc1ccc(-c2ccccc2C(=O)O)cc1. The van der Waals surface area contributed by atoms with Crippen molar-refractivity contribution in [2.45, 2.75) is 52.0 Å². The van der Waals surface area contributed by atoms with Crippen molar-refractivity contribution in [3.63, 3.8) is 0 Å². The van der Waals surface area contributed by atoms with E-state index in [1.165, 1.54) is 0 Å². The molecule has 30 heavy (non-hydrogen) atoms. The van der Waals surface area contributed by atoms with Crippen LogP contribution < -0.4 is 0 Å². The van der Waals surface area contributed by atoms with Gasteiger partial charge in [-0.2, -0.15) is 8.78 Å². The van der Waals surface area contributed by atoms with Gasteiger partial charge in [-0.25, -0.2) is 14.5 Å². The van der Waals surface area contributed by atoms with E-state index >= 15 is 0 Å². The first-order valence-corrected chi connectivity index (χ1v) is 10.0. The van der Waals surface area contributed by atoms with Crippen molar-refractivity contribution >= 4 is 5.97 Å². The predicted octanol–water partition coefficient (Wildman–Crippen LogP) is 5.54. The molecule has 0 aliphatic carbocycles. The third kappa shape index (κ3) is 5.09. The van der Waals surface area contributed by atoms with Crippen LogP contribution in [0.3, 0.4) is 0 Å². The molecule has 0 aliphatic rings. The fourth-order valence-corrected chi connectivity index (χ4v) is 3.29. The van der Waals surface area contributed by atoms with Gasteiger partial charge in [0.05, 0.1) is 12.1 Å². The van der Waals surface area contributed by atoms with Crippen molar-refractivity contribution in [1.82, 2.24) is 14.8 Å². The lowest BCUT2D eigenvalue weighted by Gasteiger charge is -2.09. The van der Waals surface area contributed by atoms with E-state index in [9.17, 15) is 18.7 Å². The number of hydrogen-bond donors (Lipinski definition) is 1. The Bertz CT molecular complexity index is 1010. The maximum Gasteiger partial charge on any atom is 0.336 e. The lowest BCUT2D eigenvalue weighted by molar-refractivity contribution is 0.00755. The molecule has 0 unspecified atom stereocenters. The Morgan fingerprint density at radius 2 is 1.80 bits per heavy atom. The number of halogens is 2. The number of nitrogens with zero attached hydrogens (tertiary/aromatic N) is 3. The average Bonchev–Trinajstić information content (AvgIpc) is 3.12. The van der Waals surface area contributed by atoms with Gasteiger partial charge < -0.3 is 5.11 Å². The van der Waals surface area contributed by atoms with Gasteiger partial charge in [-0.15, -0.1) is 5.10 Å². The van der Waals surface area contributed by atoms with Gasteiger partial charge in [0.25, 0.3) is 0 Å². The van der Waals surface area contributed by atoms with E-state index in [1.807, 2.05) is 24.3 Å². The molecule has 1 aromatic heterocycles. The van der Waals surface area contributed by atoms with Crippen LogP contribution in [0.25, 0.3) is 11.1 Å². The number of alkyl halides is 2. The molecule has 3 rings (SSSR count). The highest BCUT2D eigenvalue weighted by atomic mass is 19.3. The smallest absolute Gasteiger partial charge is 0.336 e. The van der Waals surface area contributed by atoms with Crippen molar-refractivity contribution < 1.29 is 18.7 Å². The minimum absolute atomic E-state index is 0.231. The molecule has 0 saturated heterocycles. The van der Waals surface area contributed by atoms with Gasteiger partial charge in [-0.3, -0.25) is 0 Å². The molecule has 0 radical (unpaired) electrons. The van der Waals surface area contributed by atoms with Gasteiger partial charge in [-0.05, 0) is 29.2 Å². The van der Waals surface area contributed by atoms with Crippen LogP contribution in [0.1, 0.15) is 60.7 Å². The van der Waals surface area contributed by atoms with E-state index in [0.717, 1.165) is 37.3 Å². The van der Waals surface area contributed by atoms with Crippen LogP contribution in [-0.2, 0) is 18.9 Å². The third-order valence-corrected chi connectivity index (χ3v) is 4.90. The Morgan fingerprint density at radius 3 is 2.43 bits per heavy atom. The van der Waals surface area contributed by atoms with Gasteiger partial charge >= 0.3 is 11.9 Å². The molecule has 1 heterocycles. The number of benzene rings is 2. The Balaban J connectivity index is 1.85. The molecule has 0 bridgehead atoms. The van der Waals surface area contributed by atoms with Crippen LogP contribution in [0.4, 0.5) is 8.78 Å². The van der Waals surface area contributed by atoms with E-state index in [2.05, 4.69) is 17.0 Å². The van der Waals surface area contributed by atoms with Gasteiger partial charge in [0.15, 0.2) is 0 Å². The molecule has 0 saturated carbocycles. The lowest BCUT2D eigenvalue weighted by atomic mass is 9.99. The second-order valence-electron chi connectivity index (χ2n) is 7.40. The van der Waals surface area contributed by atoms with Gasteiger partial charge in [0.1, 0.15) is 5.82 Å². The van der Waals surface area contributed by atoms with E-state index in [0.29, 0.717) is 24.4 Å². The fraction of sp³-hybridized carbons (Fsp3) is 0.348. The molecule has 2 aromatic carbocycles. The molecule has 158 valence electrons. The van der Waals surface area contributed by atoms with Crippen molar-refractivity contribution in [2.75, 3.05) is 0 Å². The standard InChI is InChI=1S/C23H25F2N3O2/c1-3-4-5-10-20-26-22(23(2,24)25)27-28(20)15-16-11-13-17(14-12-16)18-8-6-7-9-19(18)21(29)30/h6-9,11-14H,3-5,10,15H2,1-2H3,(H,29,30). The summed E-state index contributed by atoms with van der Waals surface area (Å²) in [5.74, 6) is -3.97. The topological polar surface area (TPSA) is 68.0 Å². The number of carboxylic acid groups (broad SMARTS) is 1. The normalized spacial score (nSPS) is 11.6. The quantitative estimate of drug-likeness (QED) is 0.468. The van der Waals surface area contributed by atoms with Crippen LogP contribution in [0.15, 0.2) is 48.5 Å². The molecular weight excluding hydrogens is 388 g/mol. The summed E-state index contributed by atoms with van der Waals surface area (Å²) in [6.45, 7) is 3.21. The molecular formula is C23H25F2N3O2. The number of carboxylic acids is 1. The summed E-state index contributed by atoms with van der Waals surface area (Å²) in [5.41, 5.74) is 2.51. The molecule has 0 amide bonds. The number of aromatic nitrogens is 3. The molecule has 0 spiro atoms. The summed E-state index contributed by atoms with van der Waals surface area (Å²) < 4.78 is 29.0. The molecule has 1 N–H and O–H groups in total. The number of hydrogen-bond acceptors (Lipinski definition) is 3. The highest BCUT2D eigenvalue weighted by Gasteiger charge is 2.31. The summed E-state index contributed by atoms with van der Waals surface area (Å²) in [5, 5.41) is 13.4. The van der Waals surface area contributed by atoms with Crippen LogP contribution in [0.5, 0.6) is 0 Å². The van der Waals surface area contributed by atoms with E-state index in [4.69, 9.17) is 0 Å². The Labute approximate surface area is 174 Å². The zero-order chi connectivity index (χ0) is 21.7. The molecule has 0 atom stereocenters. The van der Waals surface area contributed by atoms with Crippen molar-refractivity contribution in [1.29, 1.82) is 0 Å². The van der Waals surface area contributed by atoms with E-state index in [1.54, 1.807) is 28.9 Å². The van der Waals surface area contributed by atoms with Crippen molar-refractivity contribution in [3.05, 3.63) is 71.3 Å². The minimum Gasteiger partial charge on any atom is -0.478 e. The summed E-state index contributed by atoms with van der Waals surface area (Å²) >= 11 is 0. The molecule has 7 heteroatoms.